The predicted octanol–water partition coefficient (Wildman–Crippen LogP) is 1.44. The van der Waals surface area contributed by atoms with Crippen LogP contribution in [-0.4, -0.2) is 33.3 Å². The van der Waals surface area contributed by atoms with E-state index in [1.165, 1.54) is 24.3 Å². The maximum atomic E-state index is 12.6. The number of hydrogen-bond acceptors (Lipinski definition) is 5. The summed E-state index contributed by atoms with van der Waals surface area (Å²) in [4.78, 5) is 36.4. The number of likely N-dealkylation sites (tertiary alicyclic amines) is 1. The normalized spacial score (nSPS) is 31.6. The van der Waals surface area contributed by atoms with Crippen LogP contribution in [0.2, 0.25) is 0 Å². The third-order valence-electron chi connectivity index (χ3n) is 5.41. The van der Waals surface area contributed by atoms with Gasteiger partial charge in [-0.25, -0.2) is 0 Å². The Bertz CT molecular complexity index is 727. The summed E-state index contributed by atoms with van der Waals surface area (Å²) >= 11 is 0. The first-order valence-corrected chi connectivity index (χ1v) is 7.93. The van der Waals surface area contributed by atoms with Crippen molar-refractivity contribution in [2.75, 3.05) is 6.54 Å². The molecule has 1 aliphatic heterocycles. The number of benzene rings is 1. The summed E-state index contributed by atoms with van der Waals surface area (Å²) in [7, 11) is 0. The summed E-state index contributed by atoms with van der Waals surface area (Å²) < 4.78 is 0. The zero-order chi connectivity index (χ0) is 17.0. The van der Waals surface area contributed by atoms with Crippen molar-refractivity contribution in [2.24, 2.45) is 23.7 Å². The summed E-state index contributed by atoms with van der Waals surface area (Å²) in [5.41, 5.74) is 0.371. The number of nitro groups is 1. The van der Waals surface area contributed by atoms with E-state index < -0.39 is 11.0 Å². The number of aliphatic hydroxyl groups is 1. The molecule has 7 nitrogen and oxygen atoms in total. The number of hydrogen-bond donors (Lipinski definition) is 1. The Kier molecular flexibility index (Phi) is 3.28. The molecular formula is C17H16N2O5. The van der Waals surface area contributed by atoms with Gasteiger partial charge in [-0.15, -0.1) is 0 Å². The van der Waals surface area contributed by atoms with Crippen molar-refractivity contribution in [2.45, 2.75) is 12.5 Å². The number of nitrogens with zero attached hydrogens (tertiary/aromatic N) is 2. The van der Waals surface area contributed by atoms with Crippen molar-refractivity contribution < 1.29 is 19.6 Å². The molecule has 24 heavy (non-hydrogen) atoms. The zero-order valence-electron chi connectivity index (χ0n) is 12.7. The molecule has 0 radical (unpaired) electrons. The highest BCUT2D eigenvalue weighted by Crippen LogP contribution is 2.52. The van der Waals surface area contributed by atoms with Gasteiger partial charge < -0.3 is 5.11 Å². The van der Waals surface area contributed by atoms with Gasteiger partial charge in [-0.05, 0) is 36.0 Å². The molecule has 1 saturated carbocycles. The number of allylic oxidation sites excluding steroid dienone is 2. The molecule has 1 aromatic rings. The standard InChI is InChI=1S/C17H16N2O5/c20-13(9-3-5-12(6-4-9)19(23)24)8-18-16(21)14-10-1-2-11(7-10)15(14)17(18)22/h1-6,10-11,13-15,20H,7-8H2/t10-,11-,13+,14+,15+/m0/s1. The van der Waals surface area contributed by atoms with Crippen LogP contribution in [0.15, 0.2) is 36.4 Å². The van der Waals surface area contributed by atoms with E-state index in [1.807, 2.05) is 12.2 Å². The minimum atomic E-state index is -1.05. The van der Waals surface area contributed by atoms with Gasteiger partial charge in [0, 0.05) is 12.1 Å². The molecule has 2 bridgehead atoms. The molecule has 1 aromatic carbocycles. The molecule has 4 rings (SSSR count). The lowest BCUT2D eigenvalue weighted by atomic mass is 9.85. The van der Waals surface area contributed by atoms with Crippen LogP contribution in [0, 0.1) is 33.8 Å². The lowest BCUT2D eigenvalue weighted by molar-refractivity contribution is -0.384. The van der Waals surface area contributed by atoms with E-state index in [1.54, 1.807) is 0 Å². The highest BCUT2D eigenvalue weighted by atomic mass is 16.6. The molecule has 124 valence electrons. The van der Waals surface area contributed by atoms with Crippen molar-refractivity contribution >= 4 is 17.5 Å². The molecule has 1 heterocycles. The number of β-amino-alcohol motifs (C(OH)–C–C–N with tert-alkyl or cyclic N) is 1. The fourth-order valence-electron chi connectivity index (χ4n) is 4.24. The van der Waals surface area contributed by atoms with Gasteiger partial charge in [0.05, 0.1) is 29.4 Å². The molecule has 1 saturated heterocycles. The molecule has 0 spiro atoms. The molecule has 1 N–H and O–H groups in total. The first kappa shape index (κ1) is 15.0. The van der Waals surface area contributed by atoms with Crippen LogP contribution in [0.4, 0.5) is 5.69 Å². The highest BCUT2D eigenvalue weighted by molar-refractivity contribution is 6.06. The second kappa shape index (κ2) is 5.24. The fourth-order valence-corrected chi connectivity index (χ4v) is 4.24. The van der Waals surface area contributed by atoms with Crippen molar-refractivity contribution in [3.63, 3.8) is 0 Å². The number of fused-ring (bicyclic) bond motifs is 5. The van der Waals surface area contributed by atoms with E-state index in [-0.39, 0.29) is 47.7 Å². The molecule has 3 aliphatic rings. The van der Waals surface area contributed by atoms with E-state index in [2.05, 4.69) is 0 Å². The SMILES string of the molecule is O=C1[C@H]2[C@H](C(=O)N1C[C@@H](O)c1ccc([N+](=O)[O-])cc1)[C@H]1C=C[C@H]2C1. The lowest BCUT2D eigenvalue weighted by Gasteiger charge is -2.20. The van der Waals surface area contributed by atoms with Gasteiger partial charge in [0.2, 0.25) is 11.8 Å². The molecule has 0 unspecified atom stereocenters. The van der Waals surface area contributed by atoms with Gasteiger partial charge in [0.1, 0.15) is 0 Å². The molecule has 7 heteroatoms. The van der Waals surface area contributed by atoms with Gasteiger partial charge in [-0.2, -0.15) is 0 Å². The zero-order valence-corrected chi connectivity index (χ0v) is 12.7. The van der Waals surface area contributed by atoms with Crippen molar-refractivity contribution in [3.05, 3.63) is 52.1 Å². The maximum absolute atomic E-state index is 12.6. The summed E-state index contributed by atoms with van der Waals surface area (Å²) in [6, 6.07) is 5.48. The first-order chi connectivity index (χ1) is 11.5. The number of non-ortho nitro benzene ring substituents is 1. The number of carbonyl (C=O) groups excluding carboxylic acids is 2. The second-order valence-electron chi connectivity index (χ2n) is 6.65. The Balaban J connectivity index is 1.50. The summed E-state index contributed by atoms with van der Waals surface area (Å²) in [6.45, 7) is -0.109. The van der Waals surface area contributed by atoms with Gasteiger partial charge in [-0.1, -0.05) is 12.2 Å². The number of aliphatic hydroxyl groups excluding tert-OH is 1. The smallest absolute Gasteiger partial charge is 0.269 e. The Morgan fingerprint density at radius 2 is 1.67 bits per heavy atom. The van der Waals surface area contributed by atoms with Crippen LogP contribution in [0.1, 0.15) is 18.1 Å². The fraction of sp³-hybridized carbons (Fsp3) is 0.412. The average molecular weight is 328 g/mol. The van der Waals surface area contributed by atoms with Gasteiger partial charge >= 0.3 is 0 Å². The minimum absolute atomic E-state index is 0.0727. The Morgan fingerprint density at radius 3 is 2.17 bits per heavy atom. The first-order valence-electron chi connectivity index (χ1n) is 7.93. The van der Waals surface area contributed by atoms with Gasteiger partial charge in [-0.3, -0.25) is 24.6 Å². The van der Waals surface area contributed by atoms with Crippen LogP contribution >= 0.6 is 0 Å². The van der Waals surface area contributed by atoms with E-state index in [0.717, 1.165) is 11.3 Å². The van der Waals surface area contributed by atoms with E-state index in [9.17, 15) is 24.8 Å². The molecule has 2 aliphatic carbocycles. The molecule has 2 amide bonds. The summed E-state index contributed by atoms with van der Waals surface area (Å²) in [5, 5.41) is 21.0. The van der Waals surface area contributed by atoms with Crippen molar-refractivity contribution in [3.8, 4) is 0 Å². The lowest BCUT2D eigenvalue weighted by Crippen LogP contribution is -2.36. The molecular weight excluding hydrogens is 312 g/mol. The van der Waals surface area contributed by atoms with Gasteiger partial charge in [0.25, 0.3) is 5.69 Å². The number of rotatable bonds is 4. The molecule has 2 fully saturated rings. The average Bonchev–Trinajstić information content (AvgIpc) is 3.24. The number of carbonyl (C=O) groups is 2. The summed E-state index contributed by atoms with van der Waals surface area (Å²) in [5.74, 6) is -0.699. The topological polar surface area (TPSA) is 101 Å². The van der Waals surface area contributed by atoms with Crippen LogP contribution in [0.25, 0.3) is 0 Å². The summed E-state index contributed by atoms with van der Waals surface area (Å²) in [6.07, 6.45) is 3.86. The molecule has 0 aromatic heterocycles. The third kappa shape index (κ3) is 2.08. The Hall–Kier alpha value is -2.54. The largest absolute Gasteiger partial charge is 0.387 e. The Morgan fingerprint density at radius 1 is 1.12 bits per heavy atom. The highest BCUT2D eigenvalue weighted by Gasteiger charge is 2.59. The minimum Gasteiger partial charge on any atom is -0.387 e. The maximum Gasteiger partial charge on any atom is 0.269 e. The van der Waals surface area contributed by atoms with Crippen LogP contribution in [0.3, 0.4) is 0 Å². The predicted molar refractivity (Wildman–Crippen MR) is 82.5 cm³/mol. The van der Waals surface area contributed by atoms with Crippen LogP contribution < -0.4 is 0 Å². The number of amides is 2. The van der Waals surface area contributed by atoms with Crippen LogP contribution in [0.5, 0.6) is 0 Å². The monoisotopic (exact) mass is 328 g/mol. The van der Waals surface area contributed by atoms with Gasteiger partial charge in [0.15, 0.2) is 0 Å². The number of imide groups is 1. The third-order valence-corrected chi connectivity index (χ3v) is 5.41. The van der Waals surface area contributed by atoms with E-state index in [4.69, 9.17) is 0 Å². The van der Waals surface area contributed by atoms with Crippen molar-refractivity contribution in [1.29, 1.82) is 0 Å². The van der Waals surface area contributed by atoms with E-state index in [0.29, 0.717) is 5.56 Å². The Labute approximate surface area is 137 Å². The number of nitro benzene ring substituents is 1. The van der Waals surface area contributed by atoms with Crippen molar-refractivity contribution in [1.82, 2.24) is 4.90 Å². The molecule has 5 atom stereocenters. The second-order valence-corrected chi connectivity index (χ2v) is 6.65. The quantitative estimate of drug-likeness (QED) is 0.390. The van der Waals surface area contributed by atoms with E-state index >= 15 is 0 Å². The van der Waals surface area contributed by atoms with Crippen LogP contribution in [-0.2, 0) is 9.59 Å².